The Hall–Kier alpha value is -3.12. The van der Waals surface area contributed by atoms with Gasteiger partial charge in [0.1, 0.15) is 6.23 Å². The Labute approximate surface area is 163 Å². The molecule has 144 valence electrons. The van der Waals surface area contributed by atoms with Gasteiger partial charge in [0.25, 0.3) is 6.47 Å². The highest BCUT2D eigenvalue weighted by atomic mass is 16.5. The Morgan fingerprint density at radius 1 is 1.25 bits per heavy atom. The SMILES string of the molecule is Cn1c2ccncc2c2ccc(C3=CNC(OC4CCC4)C=C3)cc21.O=CO. The largest absolute Gasteiger partial charge is 0.483 e. The van der Waals surface area contributed by atoms with Crippen molar-refractivity contribution in [3.63, 3.8) is 0 Å². The maximum absolute atomic E-state index is 8.36. The van der Waals surface area contributed by atoms with Crippen molar-refractivity contribution in [1.82, 2.24) is 14.9 Å². The second-order valence-electron chi connectivity index (χ2n) is 7.02. The molecule has 28 heavy (non-hydrogen) atoms. The van der Waals surface area contributed by atoms with Gasteiger partial charge >= 0.3 is 0 Å². The molecule has 2 aromatic heterocycles. The third-order valence-corrected chi connectivity index (χ3v) is 5.39. The van der Waals surface area contributed by atoms with E-state index in [9.17, 15) is 0 Å². The van der Waals surface area contributed by atoms with E-state index in [2.05, 4.69) is 64.5 Å². The van der Waals surface area contributed by atoms with E-state index in [0.717, 1.165) is 0 Å². The number of aromatic nitrogens is 2. The number of aryl methyl sites for hydroxylation is 1. The molecule has 2 aliphatic rings. The number of dihydropyridines is 1. The maximum atomic E-state index is 8.36. The number of allylic oxidation sites excluding steroid dienone is 2. The minimum absolute atomic E-state index is 0.00137. The third-order valence-electron chi connectivity index (χ3n) is 5.39. The van der Waals surface area contributed by atoms with Crippen LogP contribution in [0.2, 0.25) is 0 Å². The summed E-state index contributed by atoms with van der Waals surface area (Å²) in [6.07, 6.45) is 14.2. The van der Waals surface area contributed by atoms with E-state index >= 15 is 0 Å². The second kappa shape index (κ2) is 7.86. The number of ether oxygens (including phenoxy) is 1. The van der Waals surface area contributed by atoms with Crippen molar-refractivity contribution in [1.29, 1.82) is 0 Å². The third kappa shape index (κ3) is 3.39. The van der Waals surface area contributed by atoms with Gasteiger partial charge in [-0.2, -0.15) is 0 Å². The molecule has 1 atom stereocenters. The molecule has 3 aromatic rings. The summed E-state index contributed by atoms with van der Waals surface area (Å²) in [5.74, 6) is 0. The molecule has 1 fully saturated rings. The molecular weight excluding hydrogens is 354 g/mol. The molecule has 1 aliphatic heterocycles. The van der Waals surface area contributed by atoms with Crippen LogP contribution in [0.5, 0.6) is 0 Å². The number of nitrogens with one attached hydrogen (secondary N) is 1. The molecule has 0 spiro atoms. The predicted octanol–water partition coefficient (Wildman–Crippen LogP) is 3.82. The smallest absolute Gasteiger partial charge is 0.290 e. The van der Waals surface area contributed by atoms with Gasteiger partial charge in [-0.05, 0) is 48.6 Å². The van der Waals surface area contributed by atoms with Crippen molar-refractivity contribution in [2.24, 2.45) is 7.05 Å². The Morgan fingerprint density at radius 3 is 2.75 bits per heavy atom. The first-order chi connectivity index (χ1) is 13.7. The highest BCUT2D eigenvalue weighted by Gasteiger charge is 2.22. The van der Waals surface area contributed by atoms with E-state index in [1.807, 2.05) is 12.4 Å². The lowest BCUT2D eigenvalue weighted by atomic mass is 9.96. The predicted molar refractivity (Wildman–Crippen MR) is 110 cm³/mol. The number of carbonyl (C=O) groups is 1. The average Bonchev–Trinajstić information content (AvgIpc) is 2.98. The lowest BCUT2D eigenvalue weighted by Gasteiger charge is -2.30. The van der Waals surface area contributed by atoms with Crippen molar-refractivity contribution in [3.8, 4) is 0 Å². The van der Waals surface area contributed by atoms with E-state index in [4.69, 9.17) is 14.6 Å². The fraction of sp³-hybridized carbons (Fsp3) is 0.273. The number of fused-ring (bicyclic) bond motifs is 3. The van der Waals surface area contributed by atoms with Gasteiger partial charge < -0.3 is 19.7 Å². The summed E-state index contributed by atoms with van der Waals surface area (Å²) in [6, 6.07) is 8.69. The van der Waals surface area contributed by atoms with E-state index in [-0.39, 0.29) is 12.7 Å². The summed E-state index contributed by atoms with van der Waals surface area (Å²) in [7, 11) is 2.11. The molecule has 0 amide bonds. The minimum Gasteiger partial charge on any atom is -0.483 e. The van der Waals surface area contributed by atoms with Gasteiger partial charge in [0.2, 0.25) is 0 Å². The van der Waals surface area contributed by atoms with E-state index in [1.165, 1.54) is 52.2 Å². The summed E-state index contributed by atoms with van der Waals surface area (Å²) in [6.45, 7) is -0.250. The molecule has 0 bridgehead atoms. The molecule has 5 rings (SSSR count). The molecule has 2 N–H and O–H groups in total. The summed E-state index contributed by atoms with van der Waals surface area (Å²) in [4.78, 5) is 12.6. The van der Waals surface area contributed by atoms with Crippen molar-refractivity contribution >= 4 is 33.9 Å². The quantitative estimate of drug-likeness (QED) is 0.679. The zero-order chi connectivity index (χ0) is 19.5. The van der Waals surface area contributed by atoms with Crippen LogP contribution in [0.25, 0.3) is 27.4 Å². The normalized spacial score (nSPS) is 18.8. The average molecular weight is 377 g/mol. The van der Waals surface area contributed by atoms with Gasteiger partial charge in [0, 0.05) is 41.9 Å². The number of hydrogen-bond acceptors (Lipinski definition) is 4. The number of carboxylic acid groups (broad SMARTS) is 1. The molecule has 0 saturated heterocycles. The van der Waals surface area contributed by atoms with Crippen LogP contribution in [0.3, 0.4) is 0 Å². The van der Waals surface area contributed by atoms with Crippen LogP contribution in [0.1, 0.15) is 24.8 Å². The summed E-state index contributed by atoms with van der Waals surface area (Å²) in [5, 5.41) is 12.7. The van der Waals surface area contributed by atoms with Crippen LogP contribution in [0.15, 0.2) is 55.0 Å². The topological polar surface area (TPSA) is 76.4 Å². The second-order valence-corrected chi connectivity index (χ2v) is 7.02. The fourth-order valence-electron chi connectivity index (χ4n) is 3.68. The standard InChI is InChI=1S/C21H21N3O.CH2O2/c1-24-19-9-10-22-13-18(19)17-7-5-14(11-20(17)24)15-6-8-21(23-12-15)25-16-3-2-4-16;2-1-3/h5-13,16,21,23H,2-4H2,1H3;1H,(H,2,3). The monoisotopic (exact) mass is 377 g/mol. The lowest BCUT2D eigenvalue weighted by molar-refractivity contribution is -0.122. The molecule has 0 radical (unpaired) electrons. The Kier molecular flexibility index (Phi) is 5.12. The summed E-state index contributed by atoms with van der Waals surface area (Å²) in [5.41, 5.74) is 4.82. The van der Waals surface area contributed by atoms with Crippen molar-refractivity contribution in [2.45, 2.75) is 31.6 Å². The van der Waals surface area contributed by atoms with Gasteiger partial charge in [-0.25, -0.2) is 0 Å². The Balaban J connectivity index is 0.000000604. The molecule has 1 aromatic carbocycles. The maximum Gasteiger partial charge on any atom is 0.290 e. The van der Waals surface area contributed by atoms with Gasteiger partial charge in [0.15, 0.2) is 0 Å². The first kappa shape index (κ1) is 18.3. The zero-order valence-corrected chi connectivity index (χ0v) is 15.7. The van der Waals surface area contributed by atoms with Gasteiger partial charge in [-0.1, -0.05) is 18.2 Å². The molecule has 1 saturated carbocycles. The van der Waals surface area contributed by atoms with Gasteiger partial charge in [0.05, 0.1) is 11.6 Å². The number of rotatable bonds is 3. The van der Waals surface area contributed by atoms with Crippen LogP contribution in [0.4, 0.5) is 0 Å². The van der Waals surface area contributed by atoms with Gasteiger partial charge in [-0.15, -0.1) is 0 Å². The molecular formula is C22H23N3O3. The van der Waals surface area contributed by atoms with Crippen LogP contribution in [-0.2, 0) is 16.6 Å². The van der Waals surface area contributed by atoms with E-state index in [0.29, 0.717) is 6.10 Å². The molecule has 6 heteroatoms. The van der Waals surface area contributed by atoms with Crippen molar-refractivity contribution in [3.05, 3.63) is 60.6 Å². The first-order valence-electron chi connectivity index (χ1n) is 9.41. The fourth-order valence-corrected chi connectivity index (χ4v) is 3.68. The van der Waals surface area contributed by atoms with Crippen LogP contribution >= 0.6 is 0 Å². The lowest BCUT2D eigenvalue weighted by Crippen LogP contribution is -2.35. The Bertz CT molecular complexity index is 1060. The number of pyridine rings is 1. The Morgan fingerprint density at radius 2 is 2.07 bits per heavy atom. The zero-order valence-electron chi connectivity index (χ0n) is 15.7. The van der Waals surface area contributed by atoms with Crippen molar-refractivity contribution < 1.29 is 14.6 Å². The summed E-state index contributed by atoms with van der Waals surface area (Å²) >= 11 is 0. The molecule has 1 unspecified atom stereocenters. The van der Waals surface area contributed by atoms with E-state index < -0.39 is 0 Å². The van der Waals surface area contributed by atoms with Gasteiger partial charge in [-0.3, -0.25) is 9.78 Å². The highest BCUT2D eigenvalue weighted by molar-refractivity contribution is 6.08. The number of nitrogens with zero attached hydrogens (tertiary/aromatic N) is 2. The number of benzene rings is 1. The van der Waals surface area contributed by atoms with Crippen LogP contribution in [-0.4, -0.2) is 33.5 Å². The van der Waals surface area contributed by atoms with Crippen LogP contribution in [0, 0.1) is 0 Å². The molecule has 6 nitrogen and oxygen atoms in total. The molecule has 3 heterocycles. The molecule has 1 aliphatic carbocycles. The number of hydrogen-bond donors (Lipinski definition) is 2. The minimum atomic E-state index is -0.250. The van der Waals surface area contributed by atoms with E-state index in [1.54, 1.807) is 0 Å². The van der Waals surface area contributed by atoms with Crippen LogP contribution < -0.4 is 5.32 Å². The highest BCUT2D eigenvalue weighted by Crippen LogP contribution is 2.31. The summed E-state index contributed by atoms with van der Waals surface area (Å²) < 4.78 is 8.22. The van der Waals surface area contributed by atoms with Crippen molar-refractivity contribution in [2.75, 3.05) is 0 Å². The first-order valence-corrected chi connectivity index (χ1v) is 9.41.